The van der Waals surface area contributed by atoms with Gasteiger partial charge < -0.3 is 0 Å². The van der Waals surface area contributed by atoms with Crippen molar-refractivity contribution in [1.29, 1.82) is 0 Å². The summed E-state index contributed by atoms with van der Waals surface area (Å²) in [7, 11) is 0. The van der Waals surface area contributed by atoms with E-state index in [-0.39, 0.29) is 23.5 Å². The molecule has 0 spiro atoms. The molecular weight excluding hydrogens is 290 g/mol. The van der Waals surface area contributed by atoms with E-state index in [2.05, 4.69) is 12.2 Å². The van der Waals surface area contributed by atoms with Gasteiger partial charge in [0.25, 0.3) is 0 Å². The van der Waals surface area contributed by atoms with Crippen molar-refractivity contribution in [1.82, 2.24) is 13.9 Å². The van der Waals surface area contributed by atoms with Crippen LogP contribution in [0.3, 0.4) is 0 Å². The smallest absolute Gasteiger partial charge is 0.245 e. The largest absolute Gasteiger partial charge is 0.352 e. The number of allylic oxidation sites excluding steroid dienone is 4. The average molecular weight is 307 g/mol. The van der Waals surface area contributed by atoms with E-state index in [9.17, 15) is 9.59 Å². The Hall–Kier alpha value is -2.56. The lowest BCUT2D eigenvalue weighted by molar-refractivity contribution is 0.0274. The third-order valence-electron chi connectivity index (χ3n) is 5.57. The van der Waals surface area contributed by atoms with Crippen LogP contribution in [-0.4, -0.2) is 13.9 Å². The van der Waals surface area contributed by atoms with Crippen LogP contribution in [0.5, 0.6) is 0 Å². The first-order valence-electron chi connectivity index (χ1n) is 8.14. The summed E-state index contributed by atoms with van der Waals surface area (Å²) in [6.07, 6.45) is 10.4. The second kappa shape index (κ2) is 4.47. The van der Waals surface area contributed by atoms with Crippen molar-refractivity contribution in [2.24, 2.45) is 11.8 Å². The Morgan fingerprint density at radius 2 is 1.30 bits per heavy atom. The highest BCUT2D eigenvalue weighted by atomic mass is 16.2. The zero-order valence-corrected chi connectivity index (χ0v) is 12.6. The first kappa shape index (κ1) is 12.9. The molecule has 0 radical (unpaired) electrons. The van der Waals surface area contributed by atoms with E-state index in [4.69, 9.17) is 0 Å². The van der Waals surface area contributed by atoms with Crippen LogP contribution in [-0.2, 0) is 0 Å². The minimum absolute atomic E-state index is 0.0138. The molecule has 3 heterocycles. The molecule has 5 rings (SSSR count). The Labute approximate surface area is 132 Å². The number of para-hydroxylation sites is 1. The molecule has 2 bridgehead atoms. The van der Waals surface area contributed by atoms with Crippen molar-refractivity contribution in [3.05, 3.63) is 75.6 Å². The summed E-state index contributed by atoms with van der Waals surface area (Å²) in [5.41, 5.74) is 0.164. The van der Waals surface area contributed by atoms with Gasteiger partial charge in [-0.1, -0.05) is 42.5 Å². The molecule has 0 unspecified atom stereocenters. The molecule has 5 nitrogen and oxygen atoms in total. The number of rotatable bonds is 1. The molecule has 3 aliphatic rings. The maximum atomic E-state index is 13.0. The normalized spacial score (nSPS) is 31.7. The first-order valence-corrected chi connectivity index (χ1v) is 8.14. The van der Waals surface area contributed by atoms with Crippen molar-refractivity contribution in [2.75, 3.05) is 0 Å². The summed E-state index contributed by atoms with van der Waals surface area (Å²) >= 11 is 0. The van der Waals surface area contributed by atoms with Gasteiger partial charge in [0, 0.05) is 0 Å². The van der Waals surface area contributed by atoms with Gasteiger partial charge in [-0.2, -0.15) is 0 Å². The Balaban J connectivity index is 1.84. The van der Waals surface area contributed by atoms with Crippen LogP contribution in [0.1, 0.15) is 24.9 Å². The summed E-state index contributed by atoms with van der Waals surface area (Å²) in [5.74, 6) is 0.926. The number of hydrogen-bond acceptors (Lipinski definition) is 2. The van der Waals surface area contributed by atoms with E-state index >= 15 is 0 Å². The van der Waals surface area contributed by atoms with Gasteiger partial charge in [0.05, 0.1) is 17.8 Å². The van der Waals surface area contributed by atoms with Crippen LogP contribution in [0, 0.1) is 11.8 Å². The van der Waals surface area contributed by atoms with Gasteiger partial charge in [-0.15, -0.1) is 0 Å². The van der Waals surface area contributed by atoms with Crippen molar-refractivity contribution in [3.8, 4) is 5.69 Å². The SMILES string of the molecule is O=c1n(-c2ccccc2)c(=O)n2n1[C@@H]1C=C/C=C/[C@@H]2[C@H]2CC[C@@H]21. The first-order chi connectivity index (χ1) is 11.3. The summed E-state index contributed by atoms with van der Waals surface area (Å²) in [6, 6.07) is 9.16. The maximum absolute atomic E-state index is 13.0. The second-order valence-corrected chi connectivity index (χ2v) is 6.58. The summed E-state index contributed by atoms with van der Waals surface area (Å²) in [6.45, 7) is 0. The molecule has 4 atom stereocenters. The molecule has 1 saturated carbocycles. The Kier molecular flexibility index (Phi) is 2.52. The molecule has 23 heavy (non-hydrogen) atoms. The van der Waals surface area contributed by atoms with E-state index in [1.807, 2.05) is 30.4 Å². The molecule has 1 fully saturated rings. The van der Waals surface area contributed by atoms with Crippen molar-refractivity contribution in [3.63, 3.8) is 0 Å². The standard InChI is InChI=1S/C18H17N3O2/c22-17-19(12-6-2-1-3-7-12)18(23)21-16-9-5-4-8-15(20(17)21)13-10-11-14(13)16/h1-9,13-16H,10-11H2/b8-4+,9-5?/t13-,14-,15+,16+/m0/s1. The van der Waals surface area contributed by atoms with E-state index < -0.39 is 0 Å². The van der Waals surface area contributed by atoms with Crippen molar-refractivity contribution in [2.45, 2.75) is 24.9 Å². The summed E-state index contributed by atoms with van der Waals surface area (Å²) < 4.78 is 4.67. The number of nitrogens with zero attached hydrogens (tertiary/aromatic N) is 3. The molecule has 1 aliphatic carbocycles. The highest BCUT2D eigenvalue weighted by molar-refractivity contribution is 5.31. The fourth-order valence-electron chi connectivity index (χ4n) is 4.38. The van der Waals surface area contributed by atoms with Crippen LogP contribution >= 0.6 is 0 Å². The molecule has 2 aliphatic heterocycles. The fraction of sp³-hybridized carbons (Fsp3) is 0.333. The molecule has 2 aromatic rings. The third-order valence-corrected chi connectivity index (χ3v) is 5.57. The molecule has 1 aromatic heterocycles. The maximum Gasteiger partial charge on any atom is 0.352 e. The van der Waals surface area contributed by atoms with Crippen molar-refractivity contribution < 1.29 is 0 Å². The summed E-state index contributed by atoms with van der Waals surface area (Å²) in [5, 5.41) is 0. The topological polar surface area (TPSA) is 48.9 Å². The van der Waals surface area contributed by atoms with Crippen LogP contribution in [0.4, 0.5) is 0 Å². The number of benzene rings is 1. The number of aromatic nitrogens is 3. The Morgan fingerprint density at radius 3 is 1.78 bits per heavy atom. The lowest BCUT2D eigenvalue weighted by Crippen LogP contribution is -2.50. The fourth-order valence-corrected chi connectivity index (χ4v) is 4.38. The molecule has 5 heteroatoms. The monoisotopic (exact) mass is 307 g/mol. The predicted octanol–water partition coefficient (Wildman–Crippen LogP) is 2.05. The van der Waals surface area contributed by atoms with Crippen LogP contribution < -0.4 is 11.4 Å². The van der Waals surface area contributed by atoms with Gasteiger partial charge in [0.2, 0.25) is 0 Å². The van der Waals surface area contributed by atoms with Gasteiger partial charge in [-0.25, -0.2) is 23.5 Å². The highest BCUT2D eigenvalue weighted by Crippen LogP contribution is 2.51. The number of fused-ring (bicyclic) bond motifs is 3. The van der Waals surface area contributed by atoms with E-state index in [1.54, 1.807) is 21.5 Å². The Morgan fingerprint density at radius 1 is 0.783 bits per heavy atom. The predicted molar refractivity (Wildman–Crippen MR) is 86.9 cm³/mol. The van der Waals surface area contributed by atoms with Gasteiger partial charge in [0.1, 0.15) is 0 Å². The molecule has 0 saturated heterocycles. The zero-order chi connectivity index (χ0) is 15.6. The molecular formula is C18H17N3O2. The van der Waals surface area contributed by atoms with E-state index in [0.29, 0.717) is 17.5 Å². The zero-order valence-electron chi connectivity index (χ0n) is 12.6. The molecule has 116 valence electrons. The minimum atomic E-state index is -0.235. The molecule has 1 aromatic carbocycles. The minimum Gasteiger partial charge on any atom is -0.245 e. The van der Waals surface area contributed by atoms with Crippen LogP contribution in [0.25, 0.3) is 5.69 Å². The average Bonchev–Trinajstić information content (AvgIpc) is 2.76. The summed E-state index contributed by atoms with van der Waals surface area (Å²) in [4.78, 5) is 26.0. The van der Waals surface area contributed by atoms with E-state index in [1.165, 1.54) is 4.57 Å². The second-order valence-electron chi connectivity index (χ2n) is 6.58. The number of hydrogen-bond donors (Lipinski definition) is 0. The molecule has 0 N–H and O–H groups in total. The van der Waals surface area contributed by atoms with Gasteiger partial charge in [-0.05, 0) is 36.8 Å². The third kappa shape index (κ3) is 1.57. The lowest BCUT2D eigenvalue weighted by Gasteiger charge is -2.49. The van der Waals surface area contributed by atoms with Crippen molar-refractivity contribution >= 4 is 0 Å². The van der Waals surface area contributed by atoms with Crippen LogP contribution in [0.2, 0.25) is 0 Å². The van der Waals surface area contributed by atoms with Gasteiger partial charge in [-0.3, -0.25) is 0 Å². The Bertz CT molecular complexity index is 887. The highest BCUT2D eigenvalue weighted by Gasteiger charge is 2.48. The van der Waals surface area contributed by atoms with E-state index in [0.717, 1.165) is 12.8 Å². The molecule has 0 amide bonds. The van der Waals surface area contributed by atoms with Gasteiger partial charge >= 0.3 is 11.4 Å². The van der Waals surface area contributed by atoms with Crippen LogP contribution in [0.15, 0.2) is 64.2 Å². The van der Waals surface area contributed by atoms with Gasteiger partial charge in [0.15, 0.2) is 0 Å². The lowest BCUT2D eigenvalue weighted by atomic mass is 9.64. The quantitative estimate of drug-likeness (QED) is 0.809.